The molecule has 1 aliphatic carbocycles. The third kappa shape index (κ3) is 4.73. The summed E-state index contributed by atoms with van der Waals surface area (Å²) in [5.41, 5.74) is 0.961. The summed E-state index contributed by atoms with van der Waals surface area (Å²) in [6, 6.07) is 7.70. The molecule has 0 saturated heterocycles. The number of aliphatic hydroxyl groups excluding tert-OH is 1. The van der Waals surface area contributed by atoms with Gasteiger partial charge in [-0.2, -0.15) is 0 Å². The molecule has 2 rings (SSSR count). The van der Waals surface area contributed by atoms with Gasteiger partial charge in [-0.05, 0) is 24.1 Å². The molecule has 23 heavy (non-hydrogen) atoms. The maximum Gasteiger partial charge on any atom is 0.315 e. The first-order valence-corrected chi connectivity index (χ1v) is 7.92. The average Bonchev–Trinajstić information content (AvgIpc) is 3.00. The topological polar surface area (TPSA) is 70.6 Å². The lowest BCUT2D eigenvalue weighted by atomic mass is 9.84. The predicted molar refractivity (Wildman–Crippen MR) is 90.7 cm³/mol. The number of hydrogen-bond acceptors (Lipinski definition) is 3. The molecular weight excluding hydrogens is 292 g/mol. The van der Waals surface area contributed by atoms with Crippen molar-refractivity contribution in [3.8, 4) is 5.75 Å². The van der Waals surface area contributed by atoms with Crippen LogP contribution in [0.4, 0.5) is 4.79 Å². The fourth-order valence-corrected chi connectivity index (χ4v) is 2.68. The van der Waals surface area contributed by atoms with E-state index in [4.69, 9.17) is 9.84 Å². The van der Waals surface area contributed by atoms with Gasteiger partial charge in [-0.15, -0.1) is 0 Å². The van der Waals surface area contributed by atoms with Gasteiger partial charge < -0.3 is 20.5 Å². The van der Waals surface area contributed by atoms with Crippen LogP contribution in [0.3, 0.4) is 0 Å². The first-order valence-electron chi connectivity index (χ1n) is 7.92. The summed E-state index contributed by atoms with van der Waals surface area (Å²) in [6.45, 7) is 4.84. The van der Waals surface area contributed by atoms with Crippen LogP contribution in [0, 0.1) is 5.92 Å². The monoisotopic (exact) mass is 318 g/mol. The molecule has 1 aromatic carbocycles. The largest absolute Gasteiger partial charge is 0.497 e. The molecule has 2 atom stereocenters. The van der Waals surface area contributed by atoms with Crippen molar-refractivity contribution in [3.05, 3.63) is 42.0 Å². The summed E-state index contributed by atoms with van der Waals surface area (Å²) in [5.74, 6) is 0.970. The van der Waals surface area contributed by atoms with Crippen LogP contribution in [-0.2, 0) is 5.41 Å². The van der Waals surface area contributed by atoms with Gasteiger partial charge in [0.1, 0.15) is 5.75 Å². The number of nitrogens with one attached hydrogen (secondary N) is 2. The van der Waals surface area contributed by atoms with Gasteiger partial charge in [0.05, 0.1) is 7.11 Å². The Bertz CT molecular complexity index is 552. The van der Waals surface area contributed by atoms with Crippen LogP contribution < -0.4 is 15.4 Å². The molecule has 0 aliphatic heterocycles. The lowest BCUT2D eigenvalue weighted by molar-refractivity contribution is 0.229. The van der Waals surface area contributed by atoms with Crippen LogP contribution in [0.5, 0.6) is 5.75 Å². The first kappa shape index (κ1) is 17.3. The van der Waals surface area contributed by atoms with E-state index in [0.29, 0.717) is 6.54 Å². The smallest absolute Gasteiger partial charge is 0.315 e. The zero-order valence-corrected chi connectivity index (χ0v) is 14.0. The van der Waals surface area contributed by atoms with E-state index in [0.717, 1.165) is 17.7 Å². The molecule has 0 fully saturated rings. The number of rotatable bonds is 6. The van der Waals surface area contributed by atoms with Gasteiger partial charge >= 0.3 is 6.03 Å². The van der Waals surface area contributed by atoms with E-state index in [2.05, 4.69) is 24.5 Å². The van der Waals surface area contributed by atoms with Crippen molar-refractivity contribution in [1.82, 2.24) is 10.6 Å². The Hall–Kier alpha value is -2.01. The summed E-state index contributed by atoms with van der Waals surface area (Å²) in [5, 5.41) is 15.0. The third-order valence-electron chi connectivity index (χ3n) is 4.29. The number of amides is 2. The normalized spacial score (nSPS) is 20.3. The minimum absolute atomic E-state index is 0.00347. The highest BCUT2D eigenvalue weighted by Gasteiger charge is 2.23. The van der Waals surface area contributed by atoms with Gasteiger partial charge in [-0.25, -0.2) is 4.79 Å². The van der Waals surface area contributed by atoms with Gasteiger partial charge in [-0.3, -0.25) is 0 Å². The van der Waals surface area contributed by atoms with E-state index in [1.807, 2.05) is 36.4 Å². The number of carbonyl (C=O) groups excluding carboxylic acids is 1. The van der Waals surface area contributed by atoms with E-state index in [-0.39, 0.29) is 30.0 Å². The lowest BCUT2D eigenvalue weighted by Crippen LogP contribution is -2.45. The van der Waals surface area contributed by atoms with Crippen molar-refractivity contribution in [1.29, 1.82) is 0 Å². The Kier molecular flexibility index (Phi) is 5.66. The summed E-state index contributed by atoms with van der Waals surface area (Å²) >= 11 is 0. The third-order valence-corrected chi connectivity index (χ3v) is 4.29. The number of urea groups is 1. The highest BCUT2D eigenvalue weighted by Crippen LogP contribution is 2.24. The van der Waals surface area contributed by atoms with Gasteiger partial charge in [0.25, 0.3) is 0 Å². The minimum Gasteiger partial charge on any atom is -0.497 e. The van der Waals surface area contributed by atoms with E-state index in [1.54, 1.807) is 7.11 Å². The second-order valence-corrected chi connectivity index (χ2v) is 6.61. The number of methoxy groups -OCH3 is 1. The second-order valence-electron chi connectivity index (χ2n) is 6.61. The molecule has 1 aromatic rings. The Morgan fingerprint density at radius 1 is 1.30 bits per heavy atom. The Labute approximate surface area is 137 Å². The number of ether oxygens (including phenoxy) is 1. The van der Waals surface area contributed by atoms with Crippen molar-refractivity contribution in [2.75, 3.05) is 20.3 Å². The molecular formula is C18H26N2O3. The standard InChI is InChI=1S/C18H26N2O3/c1-18(2,14-5-8-16(23-3)9-6-14)12-19-17(22)20-15-7-4-13(10-15)11-21/h4-9,13,15,21H,10-12H2,1-3H3,(H2,19,20,22)/t13-,15+/m0/s1. The minimum atomic E-state index is -0.181. The van der Waals surface area contributed by atoms with Crippen LogP contribution in [0.15, 0.2) is 36.4 Å². The van der Waals surface area contributed by atoms with E-state index in [9.17, 15) is 4.79 Å². The zero-order valence-electron chi connectivity index (χ0n) is 14.0. The highest BCUT2D eigenvalue weighted by molar-refractivity contribution is 5.74. The van der Waals surface area contributed by atoms with Crippen molar-refractivity contribution in [3.63, 3.8) is 0 Å². The SMILES string of the molecule is COc1ccc(C(C)(C)CNC(=O)N[C@@H]2C=C[C@H](CO)C2)cc1. The second kappa shape index (κ2) is 7.51. The van der Waals surface area contributed by atoms with Crippen LogP contribution in [0.1, 0.15) is 25.8 Å². The summed E-state index contributed by atoms with van der Waals surface area (Å²) in [4.78, 5) is 12.0. The van der Waals surface area contributed by atoms with Crippen molar-refractivity contribution in [2.24, 2.45) is 5.92 Å². The molecule has 2 amide bonds. The molecule has 0 spiro atoms. The lowest BCUT2D eigenvalue weighted by Gasteiger charge is -2.26. The first-order chi connectivity index (χ1) is 10.9. The van der Waals surface area contributed by atoms with Crippen LogP contribution >= 0.6 is 0 Å². The number of carbonyl (C=O) groups is 1. The highest BCUT2D eigenvalue weighted by atomic mass is 16.5. The molecule has 0 unspecified atom stereocenters. The number of benzene rings is 1. The molecule has 0 bridgehead atoms. The molecule has 1 aliphatic rings. The molecule has 126 valence electrons. The molecule has 0 aromatic heterocycles. The molecule has 5 nitrogen and oxygen atoms in total. The fraction of sp³-hybridized carbons (Fsp3) is 0.500. The van der Waals surface area contributed by atoms with E-state index >= 15 is 0 Å². The van der Waals surface area contributed by atoms with Crippen LogP contribution in [-0.4, -0.2) is 37.4 Å². The maximum atomic E-state index is 12.0. The summed E-state index contributed by atoms with van der Waals surface area (Å²) in [7, 11) is 1.64. The molecule has 0 radical (unpaired) electrons. The molecule has 0 saturated carbocycles. The quantitative estimate of drug-likeness (QED) is 0.704. The van der Waals surface area contributed by atoms with Crippen molar-refractivity contribution < 1.29 is 14.6 Å². The Morgan fingerprint density at radius 3 is 2.57 bits per heavy atom. The van der Waals surface area contributed by atoms with Gasteiger partial charge in [0, 0.05) is 30.5 Å². The Morgan fingerprint density at radius 2 is 2.00 bits per heavy atom. The van der Waals surface area contributed by atoms with E-state index < -0.39 is 0 Å². The van der Waals surface area contributed by atoms with Gasteiger partial charge in [0.15, 0.2) is 0 Å². The summed E-state index contributed by atoms with van der Waals surface area (Å²) in [6.07, 6.45) is 4.65. The van der Waals surface area contributed by atoms with Crippen molar-refractivity contribution in [2.45, 2.75) is 31.7 Å². The molecule has 0 heterocycles. The number of aliphatic hydroxyl groups is 1. The van der Waals surface area contributed by atoms with Crippen LogP contribution in [0.2, 0.25) is 0 Å². The predicted octanol–water partition coefficient (Wildman–Crippen LogP) is 2.21. The summed E-state index contributed by atoms with van der Waals surface area (Å²) < 4.78 is 5.17. The fourth-order valence-electron chi connectivity index (χ4n) is 2.68. The van der Waals surface area contributed by atoms with Gasteiger partial charge in [0.2, 0.25) is 0 Å². The van der Waals surface area contributed by atoms with E-state index in [1.165, 1.54) is 0 Å². The Balaban J connectivity index is 1.83. The maximum absolute atomic E-state index is 12.0. The molecule has 5 heteroatoms. The molecule has 3 N–H and O–H groups in total. The zero-order chi connectivity index (χ0) is 16.9. The van der Waals surface area contributed by atoms with Crippen LogP contribution in [0.25, 0.3) is 0 Å². The number of hydrogen-bond donors (Lipinski definition) is 3. The van der Waals surface area contributed by atoms with Crippen molar-refractivity contribution >= 4 is 6.03 Å². The average molecular weight is 318 g/mol. The van der Waals surface area contributed by atoms with Gasteiger partial charge in [-0.1, -0.05) is 38.1 Å².